The summed E-state index contributed by atoms with van der Waals surface area (Å²) in [7, 11) is 0. The predicted octanol–water partition coefficient (Wildman–Crippen LogP) is 4.32. The van der Waals surface area contributed by atoms with E-state index in [2.05, 4.69) is 37.1 Å². The van der Waals surface area contributed by atoms with Gasteiger partial charge in [0.1, 0.15) is 11.6 Å². The lowest BCUT2D eigenvalue weighted by Crippen LogP contribution is -2.06. The molecule has 2 nitrogen and oxygen atoms in total. The molecule has 1 N–H and O–H groups in total. The molecule has 1 aromatic carbocycles. The second-order valence-electron chi connectivity index (χ2n) is 4.84. The van der Waals surface area contributed by atoms with E-state index in [0.717, 1.165) is 24.2 Å². The van der Waals surface area contributed by atoms with Crippen LogP contribution in [0.15, 0.2) is 24.3 Å². The topological polar surface area (TPSA) is 24.9 Å². The monoisotopic (exact) mass is 246 g/mol. The summed E-state index contributed by atoms with van der Waals surface area (Å²) in [6, 6.07) is 6.85. The lowest BCUT2D eigenvalue weighted by atomic mass is 10.0. The molecule has 0 atom stereocenters. The number of nitrogens with one attached hydrogen (secondary N) is 1. The van der Waals surface area contributed by atoms with Crippen LogP contribution in [0.2, 0.25) is 0 Å². The molecule has 2 aromatic rings. The largest absolute Gasteiger partial charge is 0.370 e. The predicted molar refractivity (Wildman–Crippen MR) is 74.6 cm³/mol. The summed E-state index contributed by atoms with van der Waals surface area (Å²) in [4.78, 5) is 4.54. The van der Waals surface area contributed by atoms with Gasteiger partial charge in [-0.05, 0) is 36.1 Å². The van der Waals surface area contributed by atoms with Crippen molar-refractivity contribution >= 4 is 16.7 Å². The molecule has 0 saturated heterocycles. The van der Waals surface area contributed by atoms with Gasteiger partial charge in [0.25, 0.3) is 0 Å². The van der Waals surface area contributed by atoms with Crippen LogP contribution in [0, 0.1) is 5.82 Å². The molecule has 0 aliphatic carbocycles. The average molecular weight is 246 g/mol. The van der Waals surface area contributed by atoms with Gasteiger partial charge in [-0.1, -0.05) is 20.8 Å². The SMILES string of the molecule is CCCNc1nc2cc(F)ccc2cc1C(C)C. The van der Waals surface area contributed by atoms with E-state index in [0.29, 0.717) is 11.4 Å². The van der Waals surface area contributed by atoms with Gasteiger partial charge in [-0.15, -0.1) is 0 Å². The second kappa shape index (κ2) is 5.34. The minimum atomic E-state index is -0.242. The van der Waals surface area contributed by atoms with Crippen LogP contribution in [0.4, 0.5) is 10.2 Å². The number of fused-ring (bicyclic) bond motifs is 1. The van der Waals surface area contributed by atoms with Gasteiger partial charge in [0.15, 0.2) is 0 Å². The summed E-state index contributed by atoms with van der Waals surface area (Å²) < 4.78 is 13.2. The molecule has 0 unspecified atom stereocenters. The fraction of sp³-hybridized carbons (Fsp3) is 0.400. The summed E-state index contributed by atoms with van der Waals surface area (Å²) in [5, 5.41) is 4.31. The van der Waals surface area contributed by atoms with Gasteiger partial charge >= 0.3 is 0 Å². The Bertz CT molecular complexity index is 549. The van der Waals surface area contributed by atoms with Gasteiger partial charge in [-0.2, -0.15) is 0 Å². The van der Waals surface area contributed by atoms with E-state index in [1.54, 1.807) is 6.07 Å². The Morgan fingerprint density at radius 3 is 2.72 bits per heavy atom. The van der Waals surface area contributed by atoms with Gasteiger partial charge in [0, 0.05) is 18.0 Å². The van der Waals surface area contributed by atoms with Crippen molar-refractivity contribution in [3.63, 3.8) is 0 Å². The lowest BCUT2D eigenvalue weighted by molar-refractivity contribution is 0.629. The Kier molecular flexibility index (Phi) is 3.80. The quantitative estimate of drug-likeness (QED) is 0.869. The third kappa shape index (κ3) is 2.61. The second-order valence-corrected chi connectivity index (χ2v) is 4.84. The van der Waals surface area contributed by atoms with Gasteiger partial charge in [0.05, 0.1) is 5.52 Å². The molecule has 96 valence electrons. The smallest absolute Gasteiger partial charge is 0.130 e. The Morgan fingerprint density at radius 2 is 2.06 bits per heavy atom. The number of rotatable bonds is 4. The first-order valence-electron chi connectivity index (χ1n) is 6.46. The number of hydrogen-bond acceptors (Lipinski definition) is 2. The zero-order valence-electron chi connectivity index (χ0n) is 11.1. The van der Waals surface area contributed by atoms with Crippen molar-refractivity contribution in [3.8, 4) is 0 Å². The molecule has 18 heavy (non-hydrogen) atoms. The number of nitrogens with zero attached hydrogens (tertiary/aromatic N) is 1. The Labute approximate surface area is 107 Å². The number of hydrogen-bond donors (Lipinski definition) is 1. The molecule has 0 aliphatic heterocycles. The fourth-order valence-corrected chi connectivity index (χ4v) is 1.98. The molecule has 0 fully saturated rings. The highest BCUT2D eigenvalue weighted by atomic mass is 19.1. The molecule has 0 radical (unpaired) electrons. The highest BCUT2D eigenvalue weighted by Gasteiger charge is 2.10. The number of anilines is 1. The van der Waals surface area contributed by atoms with Crippen LogP contribution in [-0.4, -0.2) is 11.5 Å². The Balaban J connectivity index is 2.53. The fourth-order valence-electron chi connectivity index (χ4n) is 1.98. The van der Waals surface area contributed by atoms with E-state index in [9.17, 15) is 4.39 Å². The molecular weight excluding hydrogens is 227 g/mol. The van der Waals surface area contributed by atoms with Crippen LogP contribution in [0.5, 0.6) is 0 Å². The first-order valence-corrected chi connectivity index (χ1v) is 6.46. The summed E-state index contributed by atoms with van der Waals surface area (Å²) in [5.41, 5.74) is 1.89. The number of halogens is 1. The maximum Gasteiger partial charge on any atom is 0.130 e. The van der Waals surface area contributed by atoms with E-state index < -0.39 is 0 Å². The van der Waals surface area contributed by atoms with Crippen molar-refractivity contribution in [3.05, 3.63) is 35.6 Å². The summed E-state index contributed by atoms with van der Waals surface area (Å²) in [6.45, 7) is 7.28. The average Bonchev–Trinajstić information content (AvgIpc) is 2.34. The zero-order valence-corrected chi connectivity index (χ0v) is 11.1. The molecule has 0 saturated carbocycles. The molecule has 0 spiro atoms. The molecule has 2 rings (SSSR count). The van der Waals surface area contributed by atoms with E-state index in [-0.39, 0.29) is 5.82 Å². The van der Waals surface area contributed by atoms with Crippen molar-refractivity contribution in [2.45, 2.75) is 33.1 Å². The van der Waals surface area contributed by atoms with Crippen molar-refractivity contribution < 1.29 is 4.39 Å². The highest BCUT2D eigenvalue weighted by Crippen LogP contribution is 2.27. The summed E-state index contributed by atoms with van der Waals surface area (Å²) >= 11 is 0. The minimum absolute atomic E-state index is 0.242. The number of benzene rings is 1. The normalized spacial score (nSPS) is 11.2. The Morgan fingerprint density at radius 1 is 1.28 bits per heavy atom. The molecule has 0 amide bonds. The zero-order chi connectivity index (χ0) is 13.1. The standard InChI is InChI=1S/C15H19FN2/c1-4-7-17-15-13(10(2)3)8-11-5-6-12(16)9-14(11)18-15/h5-6,8-10H,4,7H2,1-3H3,(H,17,18). The van der Waals surface area contributed by atoms with Crippen LogP contribution in [0.3, 0.4) is 0 Å². The molecular formula is C15H19FN2. The van der Waals surface area contributed by atoms with Crippen LogP contribution in [-0.2, 0) is 0 Å². The maximum absolute atomic E-state index is 13.2. The van der Waals surface area contributed by atoms with E-state index in [4.69, 9.17) is 0 Å². The van der Waals surface area contributed by atoms with Gasteiger partial charge in [-0.3, -0.25) is 0 Å². The first kappa shape index (κ1) is 12.8. The van der Waals surface area contributed by atoms with Crippen molar-refractivity contribution in [2.75, 3.05) is 11.9 Å². The third-order valence-corrected chi connectivity index (χ3v) is 2.97. The van der Waals surface area contributed by atoms with Crippen LogP contribution < -0.4 is 5.32 Å². The van der Waals surface area contributed by atoms with Gasteiger partial charge < -0.3 is 5.32 Å². The first-order chi connectivity index (χ1) is 8.61. The van der Waals surface area contributed by atoms with E-state index >= 15 is 0 Å². The third-order valence-electron chi connectivity index (χ3n) is 2.97. The van der Waals surface area contributed by atoms with Crippen LogP contribution in [0.1, 0.15) is 38.7 Å². The highest BCUT2D eigenvalue weighted by molar-refractivity contribution is 5.82. The van der Waals surface area contributed by atoms with E-state index in [1.165, 1.54) is 17.7 Å². The number of pyridine rings is 1. The van der Waals surface area contributed by atoms with Crippen molar-refractivity contribution in [2.24, 2.45) is 0 Å². The van der Waals surface area contributed by atoms with Gasteiger partial charge in [-0.25, -0.2) is 9.37 Å². The maximum atomic E-state index is 13.2. The summed E-state index contributed by atoms with van der Waals surface area (Å²) in [6.07, 6.45) is 1.04. The molecule has 3 heteroatoms. The Hall–Kier alpha value is -1.64. The van der Waals surface area contributed by atoms with Gasteiger partial charge in [0.2, 0.25) is 0 Å². The molecule has 1 heterocycles. The van der Waals surface area contributed by atoms with Crippen LogP contribution >= 0.6 is 0 Å². The van der Waals surface area contributed by atoms with E-state index in [1.807, 2.05) is 0 Å². The minimum Gasteiger partial charge on any atom is -0.370 e. The summed E-state index contributed by atoms with van der Waals surface area (Å²) in [5.74, 6) is 1.03. The van der Waals surface area contributed by atoms with Crippen molar-refractivity contribution in [1.82, 2.24) is 4.98 Å². The molecule has 0 bridgehead atoms. The molecule has 0 aliphatic rings. The van der Waals surface area contributed by atoms with Crippen molar-refractivity contribution in [1.29, 1.82) is 0 Å². The number of aromatic nitrogens is 1. The molecule has 1 aromatic heterocycles. The van der Waals surface area contributed by atoms with Crippen LogP contribution in [0.25, 0.3) is 10.9 Å². The lowest BCUT2D eigenvalue weighted by Gasteiger charge is -2.14.